The zero-order chi connectivity index (χ0) is 18.4. The van der Waals surface area contributed by atoms with Gasteiger partial charge in [0, 0.05) is 34.4 Å². The number of aliphatic imine (C=N–C) groups is 1. The summed E-state index contributed by atoms with van der Waals surface area (Å²) in [5.41, 5.74) is 1.67. The van der Waals surface area contributed by atoms with E-state index in [0.717, 1.165) is 29.2 Å². The molecule has 0 aliphatic carbocycles. The van der Waals surface area contributed by atoms with E-state index in [2.05, 4.69) is 40.8 Å². The second kappa shape index (κ2) is 8.52. The van der Waals surface area contributed by atoms with E-state index in [9.17, 15) is 9.59 Å². The first-order valence-electron chi connectivity index (χ1n) is 8.35. The molecule has 2 rings (SSSR count). The minimum atomic E-state index is -0.355. The number of rotatable bonds is 8. The highest BCUT2D eigenvalue weighted by Crippen LogP contribution is 2.36. The Morgan fingerprint density at radius 2 is 2.20 bits per heavy atom. The zero-order valence-electron chi connectivity index (χ0n) is 14.8. The molecule has 0 fully saturated rings. The fraction of sp³-hybridized carbons (Fsp3) is 0.474. The van der Waals surface area contributed by atoms with E-state index in [1.165, 1.54) is 7.11 Å². The third-order valence-corrected chi connectivity index (χ3v) is 4.58. The first-order valence-corrected chi connectivity index (χ1v) is 9.14. The van der Waals surface area contributed by atoms with Gasteiger partial charge in [-0.25, -0.2) is 0 Å². The van der Waals surface area contributed by atoms with Crippen LogP contribution in [0.25, 0.3) is 5.57 Å². The molecule has 1 aromatic heterocycles. The smallest absolute Gasteiger partial charge is 0.305 e. The predicted octanol–water partition coefficient (Wildman–Crippen LogP) is 4.25. The number of nitrogens with zero attached hydrogens (tertiary/aromatic N) is 2. The van der Waals surface area contributed by atoms with Gasteiger partial charge >= 0.3 is 5.97 Å². The average molecular weight is 407 g/mol. The Morgan fingerprint density at radius 1 is 1.44 bits per heavy atom. The summed E-state index contributed by atoms with van der Waals surface area (Å²) in [6, 6.07) is 1.75. The van der Waals surface area contributed by atoms with E-state index >= 15 is 0 Å². The summed E-state index contributed by atoms with van der Waals surface area (Å²) in [7, 11) is 1.40. The van der Waals surface area contributed by atoms with Crippen LogP contribution in [0.15, 0.2) is 27.8 Å². The number of halogens is 1. The maximum Gasteiger partial charge on any atom is 0.305 e. The molecule has 0 bridgehead atoms. The van der Waals surface area contributed by atoms with Gasteiger partial charge in [-0.1, -0.05) is 13.8 Å². The van der Waals surface area contributed by atoms with Crippen molar-refractivity contribution in [2.45, 2.75) is 45.1 Å². The predicted molar refractivity (Wildman–Crippen MR) is 102 cm³/mol. The molecule has 0 saturated carbocycles. The van der Waals surface area contributed by atoms with Gasteiger partial charge in [-0.05, 0) is 53.3 Å². The molecule has 0 radical (unpaired) electrons. The van der Waals surface area contributed by atoms with E-state index in [-0.39, 0.29) is 11.5 Å². The summed E-state index contributed by atoms with van der Waals surface area (Å²) in [5, 5.41) is 0. The summed E-state index contributed by atoms with van der Waals surface area (Å²) < 4.78 is 5.48. The Balaban J connectivity index is 2.26. The molecule has 0 N–H and O–H groups in total. The monoisotopic (exact) mass is 406 g/mol. The lowest BCUT2D eigenvalue weighted by Crippen LogP contribution is -2.24. The number of aromatic nitrogens is 1. The van der Waals surface area contributed by atoms with E-state index < -0.39 is 0 Å². The van der Waals surface area contributed by atoms with Gasteiger partial charge in [0.25, 0.3) is 0 Å². The molecule has 1 atom stereocenters. The molecule has 6 heteroatoms. The molecule has 0 amide bonds. The number of carbonyl (C=O) groups is 2. The maximum absolute atomic E-state index is 11.4. The third-order valence-electron chi connectivity index (χ3n) is 4.15. The standard InChI is InChI=1S/C19H23BrN2O3/c1-13(2)8-19(6-4-5-17(24)25-3)9-15(10-22-19)18-14(12-23)7-16(20)11-21-18/h7,9-13H,4-6,8H2,1-3H3. The van der Waals surface area contributed by atoms with Crippen LogP contribution in [0.4, 0.5) is 0 Å². The van der Waals surface area contributed by atoms with Crippen molar-refractivity contribution in [2.24, 2.45) is 10.9 Å². The molecule has 0 spiro atoms. The highest BCUT2D eigenvalue weighted by molar-refractivity contribution is 9.10. The van der Waals surface area contributed by atoms with Crippen molar-refractivity contribution >= 4 is 40.0 Å². The van der Waals surface area contributed by atoms with Crippen LogP contribution in [-0.2, 0) is 9.53 Å². The fourth-order valence-electron chi connectivity index (χ4n) is 3.18. The van der Waals surface area contributed by atoms with Crippen molar-refractivity contribution < 1.29 is 14.3 Å². The second-order valence-corrected chi connectivity index (χ2v) is 7.61. The number of esters is 1. The summed E-state index contributed by atoms with van der Waals surface area (Å²) >= 11 is 3.34. The minimum Gasteiger partial charge on any atom is -0.469 e. The van der Waals surface area contributed by atoms with Crippen molar-refractivity contribution in [1.82, 2.24) is 4.98 Å². The maximum atomic E-state index is 11.4. The molecule has 0 saturated heterocycles. The summed E-state index contributed by atoms with van der Waals surface area (Å²) in [6.07, 6.45) is 9.09. The average Bonchev–Trinajstić information content (AvgIpc) is 2.97. The van der Waals surface area contributed by atoms with Crippen molar-refractivity contribution in [3.63, 3.8) is 0 Å². The number of aldehydes is 1. The first kappa shape index (κ1) is 19.5. The largest absolute Gasteiger partial charge is 0.469 e. The van der Waals surface area contributed by atoms with E-state index in [1.54, 1.807) is 18.5 Å². The topological polar surface area (TPSA) is 68.6 Å². The summed E-state index contributed by atoms with van der Waals surface area (Å²) in [6.45, 7) is 4.30. The van der Waals surface area contributed by atoms with Gasteiger partial charge in [0.1, 0.15) is 0 Å². The Labute approximate surface area is 156 Å². The summed E-state index contributed by atoms with van der Waals surface area (Å²) in [5.74, 6) is 0.248. The molecule has 0 aromatic carbocycles. The van der Waals surface area contributed by atoms with Gasteiger partial charge < -0.3 is 4.74 Å². The molecular formula is C19H23BrN2O3. The van der Waals surface area contributed by atoms with Crippen LogP contribution in [0.2, 0.25) is 0 Å². The number of ether oxygens (including phenoxy) is 1. The van der Waals surface area contributed by atoms with Crippen molar-refractivity contribution in [3.05, 3.63) is 34.1 Å². The van der Waals surface area contributed by atoms with E-state index in [1.807, 2.05) is 0 Å². The van der Waals surface area contributed by atoms with Crippen LogP contribution in [0, 0.1) is 5.92 Å². The van der Waals surface area contributed by atoms with Gasteiger partial charge in [0.15, 0.2) is 6.29 Å². The summed E-state index contributed by atoms with van der Waals surface area (Å²) in [4.78, 5) is 31.9. The van der Waals surface area contributed by atoms with Crippen molar-refractivity contribution in [2.75, 3.05) is 7.11 Å². The molecule has 2 heterocycles. The van der Waals surface area contributed by atoms with Gasteiger partial charge in [0.05, 0.1) is 18.3 Å². The Kier molecular flexibility index (Phi) is 6.64. The van der Waals surface area contributed by atoms with Crippen LogP contribution < -0.4 is 0 Å². The molecule has 25 heavy (non-hydrogen) atoms. The Bertz CT molecular complexity index is 713. The van der Waals surface area contributed by atoms with Gasteiger partial charge in [0.2, 0.25) is 0 Å². The first-order chi connectivity index (χ1) is 11.9. The molecule has 1 aliphatic rings. The van der Waals surface area contributed by atoms with E-state index in [4.69, 9.17) is 9.73 Å². The molecule has 1 aromatic rings. The number of hydrogen-bond acceptors (Lipinski definition) is 5. The number of carbonyl (C=O) groups excluding carboxylic acids is 2. The second-order valence-electron chi connectivity index (χ2n) is 6.70. The highest BCUT2D eigenvalue weighted by Gasteiger charge is 2.32. The molecule has 5 nitrogen and oxygen atoms in total. The molecule has 1 unspecified atom stereocenters. The highest BCUT2D eigenvalue weighted by atomic mass is 79.9. The van der Waals surface area contributed by atoms with Gasteiger partial charge in [-0.2, -0.15) is 0 Å². The van der Waals surface area contributed by atoms with Crippen LogP contribution in [-0.4, -0.2) is 36.1 Å². The fourth-order valence-corrected chi connectivity index (χ4v) is 3.52. The van der Waals surface area contributed by atoms with Crippen LogP contribution >= 0.6 is 15.9 Å². The van der Waals surface area contributed by atoms with Crippen LogP contribution in [0.3, 0.4) is 0 Å². The van der Waals surface area contributed by atoms with Crippen LogP contribution in [0.5, 0.6) is 0 Å². The Hall–Kier alpha value is -1.82. The lowest BCUT2D eigenvalue weighted by Gasteiger charge is -2.26. The molecule has 134 valence electrons. The van der Waals surface area contributed by atoms with Gasteiger partial charge in [-0.15, -0.1) is 0 Å². The number of hydrogen-bond donors (Lipinski definition) is 0. The lowest BCUT2D eigenvalue weighted by atomic mass is 9.84. The molecule has 1 aliphatic heterocycles. The zero-order valence-corrected chi connectivity index (χ0v) is 16.4. The number of pyridine rings is 1. The van der Waals surface area contributed by atoms with Crippen molar-refractivity contribution in [1.29, 1.82) is 0 Å². The quantitative estimate of drug-likeness (QED) is 0.477. The third kappa shape index (κ3) is 5.08. The SMILES string of the molecule is COC(=O)CCCC1(CC(C)C)C=C(c2ncc(Br)cc2C=O)C=N1. The lowest BCUT2D eigenvalue weighted by molar-refractivity contribution is -0.140. The number of allylic oxidation sites excluding steroid dienone is 1. The van der Waals surface area contributed by atoms with Crippen molar-refractivity contribution in [3.8, 4) is 0 Å². The van der Waals surface area contributed by atoms with Crippen LogP contribution in [0.1, 0.15) is 55.6 Å². The minimum absolute atomic E-state index is 0.205. The normalized spacial score (nSPS) is 19.2. The van der Waals surface area contributed by atoms with Gasteiger partial charge in [-0.3, -0.25) is 19.6 Å². The Morgan fingerprint density at radius 3 is 2.84 bits per heavy atom. The number of methoxy groups -OCH3 is 1. The molecular weight excluding hydrogens is 384 g/mol. The van der Waals surface area contributed by atoms with E-state index in [0.29, 0.717) is 30.0 Å².